The van der Waals surface area contributed by atoms with E-state index in [1.807, 2.05) is 18.2 Å². The average Bonchev–Trinajstić information content (AvgIpc) is 2.39. The first-order valence-electron chi connectivity index (χ1n) is 7.64. The van der Waals surface area contributed by atoms with Gasteiger partial charge in [-0.25, -0.2) is 0 Å². The summed E-state index contributed by atoms with van der Waals surface area (Å²) >= 11 is 0. The second kappa shape index (κ2) is 6.95. The van der Waals surface area contributed by atoms with Gasteiger partial charge in [-0.1, -0.05) is 44.9 Å². The van der Waals surface area contributed by atoms with Gasteiger partial charge in [-0.15, -0.1) is 0 Å². The van der Waals surface area contributed by atoms with Gasteiger partial charge < -0.3 is 10.4 Å². The Hall–Kier alpha value is -1.02. The van der Waals surface area contributed by atoms with Crippen LogP contribution in [0.1, 0.15) is 51.5 Å². The van der Waals surface area contributed by atoms with Crippen LogP contribution in [0.5, 0.6) is 0 Å². The van der Waals surface area contributed by atoms with Crippen LogP contribution >= 0.6 is 0 Å². The summed E-state index contributed by atoms with van der Waals surface area (Å²) in [5.74, 6) is 1.67. The van der Waals surface area contributed by atoms with Gasteiger partial charge in [0.15, 0.2) is 0 Å². The SMILES string of the molecule is CC(C)CC1CCCC(Nc2ccccc2CO)C1. The summed E-state index contributed by atoms with van der Waals surface area (Å²) in [6.07, 6.45) is 6.60. The van der Waals surface area contributed by atoms with Crippen LogP contribution in [0.3, 0.4) is 0 Å². The Morgan fingerprint density at radius 2 is 2.05 bits per heavy atom. The molecule has 106 valence electrons. The molecule has 0 bridgehead atoms. The van der Waals surface area contributed by atoms with Crippen LogP contribution in [0, 0.1) is 11.8 Å². The minimum absolute atomic E-state index is 0.116. The second-order valence-corrected chi connectivity index (χ2v) is 6.32. The minimum atomic E-state index is 0.116. The van der Waals surface area contributed by atoms with Crippen molar-refractivity contribution in [2.75, 3.05) is 5.32 Å². The molecule has 2 heteroatoms. The highest BCUT2D eigenvalue weighted by atomic mass is 16.3. The standard InChI is InChI=1S/C17H27NO/c1-13(2)10-14-6-5-8-16(11-14)18-17-9-4-3-7-15(17)12-19/h3-4,7,9,13-14,16,18-19H,5-6,8,10-12H2,1-2H3. The number of aliphatic hydroxyl groups excluding tert-OH is 1. The largest absolute Gasteiger partial charge is 0.392 e. The van der Waals surface area contributed by atoms with Gasteiger partial charge in [0, 0.05) is 17.3 Å². The van der Waals surface area contributed by atoms with Crippen LogP contribution in [0.4, 0.5) is 5.69 Å². The molecule has 2 nitrogen and oxygen atoms in total. The molecule has 0 radical (unpaired) electrons. The first-order chi connectivity index (χ1) is 9.19. The van der Waals surface area contributed by atoms with Crippen LogP contribution < -0.4 is 5.32 Å². The average molecular weight is 261 g/mol. The van der Waals surface area contributed by atoms with Crippen LogP contribution in [0.25, 0.3) is 0 Å². The molecule has 0 spiro atoms. The van der Waals surface area contributed by atoms with Crippen molar-refractivity contribution in [2.45, 2.75) is 58.6 Å². The Morgan fingerprint density at radius 1 is 1.26 bits per heavy atom. The predicted octanol–water partition coefficient (Wildman–Crippen LogP) is 4.20. The number of aliphatic hydroxyl groups is 1. The van der Waals surface area contributed by atoms with Crippen molar-refractivity contribution in [3.63, 3.8) is 0 Å². The summed E-state index contributed by atoms with van der Waals surface area (Å²) in [6.45, 7) is 4.75. The normalized spacial score (nSPS) is 23.6. The summed E-state index contributed by atoms with van der Waals surface area (Å²) in [5, 5.41) is 13.0. The molecule has 1 aliphatic carbocycles. The van der Waals surface area contributed by atoms with E-state index >= 15 is 0 Å². The highest BCUT2D eigenvalue weighted by molar-refractivity contribution is 5.51. The lowest BCUT2D eigenvalue weighted by atomic mass is 9.81. The summed E-state index contributed by atoms with van der Waals surface area (Å²) in [5.41, 5.74) is 2.12. The third-order valence-corrected chi connectivity index (χ3v) is 4.13. The van der Waals surface area contributed by atoms with Gasteiger partial charge in [-0.05, 0) is 37.2 Å². The fourth-order valence-corrected chi connectivity index (χ4v) is 3.32. The highest BCUT2D eigenvalue weighted by Gasteiger charge is 2.22. The number of hydrogen-bond acceptors (Lipinski definition) is 2. The first kappa shape index (κ1) is 14.4. The maximum Gasteiger partial charge on any atom is 0.0701 e. The molecule has 1 aliphatic rings. The first-order valence-corrected chi connectivity index (χ1v) is 7.64. The van der Waals surface area contributed by atoms with Crippen molar-refractivity contribution in [3.8, 4) is 0 Å². The van der Waals surface area contributed by atoms with E-state index in [-0.39, 0.29) is 6.61 Å². The fourth-order valence-electron chi connectivity index (χ4n) is 3.32. The van der Waals surface area contributed by atoms with Crippen LogP contribution in [-0.4, -0.2) is 11.1 Å². The number of benzene rings is 1. The van der Waals surface area contributed by atoms with Gasteiger partial charge in [0.1, 0.15) is 0 Å². The lowest BCUT2D eigenvalue weighted by Gasteiger charge is -2.31. The Balaban J connectivity index is 1.95. The molecule has 0 amide bonds. The molecule has 19 heavy (non-hydrogen) atoms. The van der Waals surface area contributed by atoms with Crippen molar-refractivity contribution < 1.29 is 5.11 Å². The zero-order valence-electron chi connectivity index (χ0n) is 12.2. The number of para-hydroxylation sites is 1. The van der Waals surface area contributed by atoms with Gasteiger partial charge in [0.05, 0.1) is 6.61 Å². The van der Waals surface area contributed by atoms with E-state index in [2.05, 4.69) is 25.2 Å². The molecule has 0 saturated heterocycles. The van der Waals surface area contributed by atoms with Crippen LogP contribution in [-0.2, 0) is 6.61 Å². The zero-order chi connectivity index (χ0) is 13.7. The second-order valence-electron chi connectivity index (χ2n) is 6.32. The summed E-state index contributed by atoms with van der Waals surface area (Å²) in [7, 11) is 0. The molecule has 1 fully saturated rings. The molecule has 0 aliphatic heterocycles. The summed E-state index contributed by atoms with van der Waals surface area (Å²) in [4.78, 5) is 0. The van der Waals surface area contributed by atoms with Crippen LogP contribution in [0.2, 0.25) is 0 Å². The molecule has 1 aromatic carbocycles. The molecular formula is C17H27NO. The fraction of sp³-hybridized carbons (Fsp3) is 0.647. The number of nitrogens with one attached hydrogen (secondary N) is 1. The number of rotatable bonds is 5. The molecular weight excluding hydrogens is 234 g/mol. The van der Waals surface area contributed by atoms with Gasteiger partial charge in [0.2, 0.25) is 0 Å². The highest BCUT2D eigenvalue weighted by Crippen LogP contribution is 2.31. The third kappa shape index (κ3) is 4.24. The van der Waals surface area contributed by atoms with Crippen molar-refractivity contribution in [2.24, 2.45) is 11.8 Å². The Morgan fingerprint density at radius 3 is 2.79 bits per heavy atom. The molecule has 2 atom stereocenters. The zero-order valence-corrected chi connectivity index (χ0v) is 12.2. The Bertz CT molecular complexity index is 389. The lowest BCUT2D eigenvalue weighted by Crippen LogP contribution is -2.28. The Kier molecular flexibility index (Phi) is 5.26. The molecule has 0 aromatic heterocycles. The number of hydrogen-bond donors (Lipinski definition) is 2. The summed E-state index contributed by atoms with van der Waals surface area (Å²) in [6, 6.07) is 8.67. The third-order valence-electron chi connectivity index (χ3n) is 4.13. The van der Waals surface area contributed by atoms with E-state index in [1.54, 1.807) is 0 Å². The van der Waals surface area contributed by atoms with Crippen LogP contribution in [0.15, 0.2) is 24.3 Å². The molecule has 1 saturated carbocycles. The van der Waals surface area contributed by atoms with E-state index in [4.69, 9.17) is 0 Å². The lowest BCUT2D eigenvalue weighted by molar-refractivity contribution is 0.280. The monoisotopic (exact) mass is 261 g/mol. The van der Waals surface area contributed by atoms with E-state index < -0.39 is 0 Å². The van der Waals surface area contributed by atoms with E-state index in [1.165, 1.54) is 32.1 Å². The number of anilines is 1. The quantitative estimate of drug-likeness (QED) is 0.832. The van der Waals surface area contributed by atoms with Gasteiger partial charge in [0.25, 0.3) is 0 Å². The Labute approximate surface area is 117 Å². The minimum Gasteiger partial charge on any atom is -0.392 e. The van der Waals surface area contributed by atoms with E-state index in [0.29, 0.717) is 6.04 Å². The van der Waals surface area contributed by atoms with Crippen molar-refractivity contribution in [1.82, 2.24) is 0 Å². The topological polar surface area (TPSA) is 32.3 Å². The maximum atomic E-state index is 9.38. The summed E-state index contributed by atoms with van der Waals surface area (Å²) < 4.78 is 0. The maximum absolute atomic E-state index is 9.38. The van der Waals surface area contributed by atoms with Crippen molar-refractivity contribution >= 4 is 5.69 Å². The molecule has 2 rings (SSSR count). The van der Waals surface area contributed by atoms with E-state index in [9.17, 15) is 5.11 Å². The molecule has 2 unspecified atom stereocenters. The van der Waals surface area contributed by atoms with Gasteiger partial charge >= 0.3 is 0 Å². The van der Waals surface area contributed by atoms with E-state index in [0.717, 1.165) is 23.1 Å². The van der Waals surface area contributed by atoms with Crippen molar-refractivity contribution in [1.29, 1.82) is 0 Å². The van der Waals surface area contributed by atoms with Gasteiger partial charge in [-0.2, -0.15) is 0 Å². The predicted molar refractivity (Wildman–Crippen MR) is 81.2 cm³/mol. The molecule has 1 aromatic rings. The van der Waals surface area contributed by atoms with Crippen molar-refractivity contribution in [3.05, 3.63) is 29.8 Å². The smallest absolute Gasteiger partial charge is 0.0701 e. The van der Waals surface area contributed by atoms with Gasteiger partial charge in [-0.3, -0.25) is 0 Å². The molecule has 2 N–H and O–H groups in total. The molecule has 0 heterocycles.